The number of rotatable bonds is 0. The second-order valence-electron chi connectivity index (χ2n) is 2.90. The van der Waals surface area contributed by atoms with Crippen molar-refractivity contribution in [2.45, 2.75) is 0 Å². The number of fused-ring (bicyclic) bond motifs is 1. The van der Waals surface area contributed by atoms with Crippen molar-refractivity contribution >= 4 is 11.2 Å². The monoisotopic (exact) mass is 197 g/mol. The minimum Gasteiger partial charge on any atom is -0.328 e. The third-order valence-corrected chi connectivity index (χ3v) is 2.05. The maximum atomic E-state index is 11.9. The van der Waals surface area contributed by atoms with Gasteiger partial charge in [0, 0.05) is 25.2 Å². The Morgan fingerprint density at radius 3 is 2.86 bits per heavy atom. The molecule has 2 aromatic heterocycles. The van der Waals surface area contributed by atoms with Crippen LogP contribution in [0.5, 0.6) is 0 Å². The summed E-state index contributed by atoms with van der Waals surface area (Å²) in [6.07, 6.45) is 1.28. The van der Waals surface area contributed by atoms with E-state index in [0.29, 0.717) is 4.57 Å². The Kier molecular flexibility index (Phi) is 1.06. The molecule has 0 aliphatic carbocycles. The quantitative estimate of drug-likeness (QED) is 0.542. The molecule has 0 aliphatic heterocycles. The molecule has 0 aliphatic rings. The Morgan fingerprint density at radius 2 is 2.21 bits per heavy atom. The van der Waals surface area contributed by atoms with Crippen LogP contribution in [-0.2, 0) is 21.1 Å². The van der Waals surface area contributed by atoms with E-state index in [1.807, 2.05) is 0 Å². The van der Waals surface area contributed by atoms with E-state index >= 15 is 0 Å². The highest BCUT2D eigenvalue weighted by Gasteiger charge is 2.11. The highest BCUT2D eigenvalue weighted by atomic mass is 16.2. The SMILES string of the molecule is [2H]Cn1cnc2c1c(=O)n(C([2H])[2H])c(=O)n2C. The summed E-state index contributed by atoms with van der Waals surface area (Å²) < 4.78 is 24.5. The number of hydrogen-bond donors (Lipinski definition) is 0. The zero-order valence-electron chi connectivity index (χ0n) is 10.5. The predicted octanol–water partition coefficient (Wildman–Crippen LogP) is -1.03. The van der Waals surface area contributed by atoms with Crippen molar-refractivity contribution in [1.82, 2.24) is 18.7 Å². The zero-order valence-corrected chi connectivity index (χ0v) is 7.47. The molecule has 0 saturated carbocycles. The molecule has 0 unspecified atom stereocenters. The van der Waals surface area contributed by atoms with Crippen LogP contribution in [0.25, 0.3) is 11.2 Å². The van der Waals surface area contributed by atoms with Crippen LogP contribution in [0.3, 0.4) is 0 Å². The zero-order chi connectivity index (χ0) is 12.7. The van der Waals surface area contributed by atoms with E-state index in [1.165, 1.54) is 17.9 Å². The molecule has 0 spiro atoms. The Bertz CT molecular complexity index is 684. The lowest BCUT2D eigenvalue weighted by Crippen LogP contribution is -2.37. The number of imidazole rings is 1. The fourth-order valence-corrected chi connectivity index (χ4v) is 1.29. The highest BCUT2D eigenvalue weighted by molar-refractivity contribution is 5.69. The molecule has 74 valence electrons. The van der Waals surface area contributed by atoms with Crippen LogP contribution in [0.2, 0.25) is 0 Å². The fraction of sp³-hybridized carbons (Fsp3) is 0.375. The molecule has 0 aromatic carbocycles. The molecule has 6 heteroatoms. The Labute approximate surface area is 83.2 Å². The molecule has 0 N–H and O–H groups in total. The van der Waals surface area contributed by atoms with Gasteiger partial charge in [0.2, 0.25) is 0 Å². The Balaban J connectivity index is 3.05. The van der Waals surface area contributed by atoms with Crippen molar-refractivity contribution in [2.24, 2.45) is 21.1 Å². The van der Waals surface area contributed by atoms with Gasteiger partial charge < -0.3 is 4.57 Å². The summed E-state index contributed by atoms with van der Waals surface area (Å²) in [7, 11) is 1.19. The topological polar surface area (TPSA) is 61.8 Å². The van der Waals surface area contributed by atoms with Gasteiger partial charge in [0.1, 0.15) is 0 Å². The predicted molar refractivity (Wildman–Crippen MR) is 51.2 cm³/mol. The molecule has 2 aromatic rings. The molecule has 14 heavy (non-hydrogen) atoms. The van der Waals surface area contributed by atoms with E-state index in [0.717, 1.165) is 4.57 Å². The molecule has 0 amide bonds. The van der Waals surface area contributed by atoms with E-state index in [-0.39, 0.29) is 18.2 Å². The first-order chi connectivity index (χ1) is 7.99. The Hall–Kier alpha value is -1.85. The summed E-state index contributed by atoms with van der Waals surface area (Å²) in [5.74, 6) is 0. The van der Waals surface area contributed by atoms with Crippen LogP contribution < -0.4 is 11.2 Å². The van der Waals surface area contributed by atoms with Crippen LogP contribution in [0, 0.1) is 0 Å². The molecule has 0 radical (unpaired) electrons. The number of aromatic nitrogens is 4. The fourth-order valence-electron chi connectivity index (χ4n) is 1.29. The molecular formula is C8H10N4O2. The first-order valence-electron chi connectivity index (χ1n) is 5.65. The third-order valence-electron chi connectivity index (χ3n) is 2.05. The average Bonchev–Trinajstić information content (AvgIpc) is 2.69. The van der Waals surface area contributed by atoms with Crippen LogP contribution in [0.15, 0.2) is 15.9 Å². The Morgan fingerprint density at radius 1 is 1.43 bits per heavy atom. The molecular weight excluding hydrogens is 184 g/mol. The van der Waals surface area contributed by atoms with Gasteiger partial charge in [-0.2, -0.15) is 0 Å². The summed E-state index contributed by atoms with van der Waals surface area (Å²) in [5.41, 5.74) is -1.30. The number of nitrogens with zero attached hydrogens (tertiary/aromatic N) is 4. The van der Waals surface area contributed by atoms with E-state index in [2.05, 4.69) is 4.98 Å². The van der Waals surface area contributed by atoms with Crippen molar-refractivity contribution in [2.75, 3.05) is 0 Å². The maximum absolute atomic E-state index is 11.9. The van der Waals surface area contributed by atoms with Crippen molar-refractivity contribution in [3.8, 4) is 0 Å². The number of hydrogen-bond acceptors (Lipinski definition) is 3. The third kappa shape index (κ3) is 0.876. The second kappa shape index (κ2) is 2.57. The maximum Gasteiger partial charge on any atom is 0.332 e. The van der Waals surface area contributed by atoms with Crippen LogP contribution in [0.4, 0.5) is 0 Å². The lowest BCUT2D eigenvalue weighted by atomic mass is 10.5. The van der Waals surface area contributed by atoms with Crippen molar-refractivity contribution in [3.63, 3.8) is 0 Å². The average molecular weight is 197 g/mol. The molecule has 2 heterocycles. The van der Waals surface area contributed by atoms with E-state index in [9.17, 15) is 9.59 Å². The molecule has 0 atom stereocenters. The first kappa shape index (κ1) is 5.79. The normalized spacial score (nSPS) is 14.3. The van der Waals surface area contributed by atoms with E-state index in [1.54, 1.807) is 0 Å². The number of aryl methyl sites for hydroxylation is 2. The lowest BCUT2D eigenvalue weighted by Gasteiger charge is -2.02. The summed E-state index contributed by atoms with van der Waals surface area (Å²) in [6, 6.07) is 0. The minimum absolute atomic E-state index is 0.0617. The van der Waals surface area contributed by atoms with Gasteiger partial charge in [-0.25, -0.2) is 9.78 Å². The van der Waals surface area contributed by atoms with Gasteiger partial charge >= 0.3 is 5.69 Å². The van der Waals surface area contributed by atoms with Crippen molar-refractivity contribution < 1.29 is 4.11 Å². The smallest absolute Gasteiger partial charge is 0.328 e. The van der Waals surface area contributed by atoms with Gasteiger partial charge in [0.15, 0.2) is 11.2 Å². The molecule has 0 fully saturated rings. The van der Waals surface area contributed by atoms with Gasteiger partial charge in [0.05, 0.1) is 6.33 Å². The lowest BCUT2D eigenvalue weighted by molar-refractivity contribution is 0.705. The van der Waals surface area contributed by atoms with E-state index in [4.69, 9.17) is 4.11 Å². The standard InChI is InChI=1S/C8H10N4O2/c1-10-4-9-6-5(10)7(13)12(3)8(14)11(6)2/h4H,1-3H3/i1D,3D2. The van der Waals surface area contributed by atoms with Crippen LogP contribution in [0.1, 0.15) is 4.11 Å². The van der Waals surface area contributed by atoms with Crippen LogP contribution >= 0.6 is 0 Å². The van der Waals surface area contributed by atoms with Gasteiger partial charge in [-0.15, -0.1) is 0 Å². The van der Waals surface area contributed by atoms with Gasteiger partial charge in [-0.1, -0.05) is 0 Å². The molecule has 0 bridgehead atoms. The van der Waals surface area contributed by atoms with Gasteiger partial charge in [0.25, 0.3) is 5.56 Å². The first-order valence-corrected chi connectivity index (χ1v) is 3.79. The summed E-state index contributed by atoms with van der Waals surface area (Å²) in [5, 5.41) is 0. The summed E-state index contributed by atoms with van der Waals surface area (Å²) in [6.45, 7) is -1.72. The second-order valence-corrected chi connectivity index (χ2v) is 2.90. The van der Waals surface area contributed by atoms with Gasteiger partial charge in [-0.3, -0.25) is 13.9 Å². The molecule has 0 saturated heterocycles. The van der Waals surface area contributed by atoms with Gasteiger partial charge in [-0.05, 0) is 0 Å². The van der Waals surface area contributed by atoms with Crippen molar-refractivity contribution in [3.05, 3.63) is 27.2 Å². The summed E-state index contributed by atoms with van der Waals surface area (Å²) >= 11 is 0. The highest BCUT2D eigenvalue weighted by Crippen LogP contribution is 2.01. The minimum atomic E-state index is -1.72. The molecule has 2 rings (SSSR count). The van der Waals surface area contributed by atoms with Crippen molar-refractivity contribution in [1.29, 1.82) is 0 Å². The van der Waals surface area contributed by atoms with E-state index < -0.39 is 18.2 Å². The van der Waals surface area contributed by atoms with Crippen LogP contribution in [-0.4, -0.2) is 18.7 Å². The summed E-state index contributed by atoms with van der Waals surface area (Å²) in [4.78, 5) is 27.6. The molecule has 6 nitrogen and oxygen atoms in total. The largest absolute Gasteiger partial charge is 0.332 e.